The van der Waals surface area contributed by atoms with Crippen LogP contribution in [-0.2, 0) is 6.54 Å². The van der Waals surface area contributed by atoms with Crippen molar-refractivity contribution in [3.63, 3.8) is 0 Å². The average Bonchev–Trinajstić information content (AvgIpc) is 2.63. The van der Waals surface area contributed by atoms with Crippen LogP contribution in [0, 0.1) is 17.0 Å². The van der Waals surface area contributed by atoms with Crippen molar-refractivity contribution in [2.45, 2.75) is 13.5 Å². The third-order valence-corrected chi connectivity index (χ3v) is 2.40. The van der Waals surface area contributed by atoms with Gasteiger partial charge in [-0.3, -0.25) is 14.8 Å². The Balaban J connectivity index is 2.23. The van der Waals surface area contributed by atoms with E-state index in [4.69, 9.17) is 5.73 Å². The second kappa shape index (κ2) is 4.25. The number of nitro groups is 1. The van der Waals surface area contributed by atoms with Gasteiger partial charge in [-0.15, -0.1) is 0 Å². The summed E-state index contributed by atoms with van der Waals surface area (Å²) in [6.07, 6.45) is 3.66. The summed E-state index contributed by atoms with van der Waals surface area (Å²) in [5.41, 5.74) is 7.68. The predicted molar refractivity (Wildman–Crippen MR) is 63.6 cm³/mol. The van der Waals surface area contributed by atoms with Gasteiger partial charge in [0.1, 0.15) is 5.69 Å². The number of aryl methyl sites for hydroxylation is 1. The van der Waals surface area contributed by atoms with Gasteiger partial charge in [-0.05, 0) is 24.1 Å². The number of rotatable bonds is 3. The van der Waals surface area contributed by atoms with Gasteiger partial charge in [-0.1, -0.05) is 6.07 Å². The molecule has 0 saturated heterocycles. The van der Waals surface area contributed by atoms with Crippen LogP contribution in [0.2, 0.25) is 0 Å². The zero-order valence-corrected chi connectivity index (χ0v) is 9.33. The fourth-order valence-corrected chi connectivity index (χ4v) is 1.61. The van der Waals surface area contributed by atoms with Gasteiger partial charge < -0.3 is 5.73 Å². The number of nitrogen functional groups attached to an aromatic ring is 1. The topological polar surface area (TPSA) is 87.0 Å². The zero-order chi connectivity index (χ0) is 12.4. The summed E-state index contributed by atoms with van der Waals surface area (Å²) in [6.45, 7) is 2.50. The summed E-state index contributed by atoms with van der Waals surface area (Å²) >= 11 is 0. The van der Waals surface area contributed by atoms with E-state index in [1.165, 1.54) is 6.07 Å². The largest absolute Gasteiger partial charge is 0.393 e. The van der Waals surface area contributed by atoms with Crippen molar-refractivity contribution in [1.82, 2.24) is 9.78 Å². The number of nitrogens with two attached hydrogens (primary N) is 1. The summed E-state index contributed by atoms with van der Waals surface area (Å²) in [5, 5.41) is 14.7. The first-order chi connectivity index (χ1) is 8.06. The van der Waals surface area contributed by atoms with E-state index in [2.05, 4.69) is 5.10 Å². The van der Waals surface area contributed by atoms with Crippen molar-refractivity contribution in [2.75, 3.05) is 5.73 Å². The van der Waals surface area contributed by atoms with Crippen LogP contribution < -0.4 is 5.73 Å². The minimum Gasteiger partial charge on any atom is -0.393 e. The van der Waals surface area contributed by atoms with Gasteiger partial charge in [0, 0.05) is 12.3 Å². The number of nitro benzene ring substituents is 1. The molecule has 0 unspecified atom stereocenters. The second-order valence-electron chi connectivity index (χ2n) is 3.87. The van der Waals surface area contributed by atoms with E-state index in [-0.39, 0.29) is 11.4 Å². The summed E-state index contributed by atoms with van der Waals surface area (Å²) in [6, 6.07) is 4.71. The molecule has 0 spiro atoms. The van der Waals surface area contributed by atoms with Gasteiger partial charge >= 0.3 is 0 Å². The van der Waals surface area contributed by atoms with E-state index in [1.54, 1.807) is 23.0 Å². The highest BCUT2D eigenvalue weighted by molar-refractivity contribution is 5.59. The smallest absolute Gasteiger partial charge is 0.292 e. The number of hydrogen-bond donors (Lipinski definition) is 1. The molecular formula is C11H12N4O2. The second-order valence-corrected chi connectivity index (χ2v) is 3.87. The van der Waals surface area contributed by atoms with Crippen LogP contribution in [0.25, 0.3) is 0 Å². The van der Waals surface area contributed by atoms with Crippen LogP contribution in [0.1, 0.15) is 11.1 Å². The maximum Gasteiger partial charge on any atom is 0.292 e. The highest BCUT2D eigenvalue weighted by atomic mass is 16.6. The molecule has 88 valence electrons. The summed E-state index contributed by atoms with van der Waals surface area (Å²) < 4.78 is 1.76. The van der Waals surface area contributed by atoms with Gasteiger partial charge in [0.15, 0.2) is 0 Å². The van der Waals surface area contributed by atoms with Crippen molar-refractivity contribution >= 4 is 11.4 Å². The first-order valence-electron chi connectivity index (χ1n) is 5.08. The highest BCUT2D eigenvalue weighted by Crippen LogP contribution is 2.22. The maximum absolute atomic E-state index is 10.6. The summed E-state index contributed by atoms with van der Waals surface area (Å²) in [4.78, 5) is 10.1. The van der Waals surface area contributed by atoms with Gasteiger partial charge in [0.25, 0.3) is 5.69 Å². The Morgan fingerprint density at radius 1 is 1.53 bits per heavy atom. The fourth-order valence-electron chi connectivity index (χ4n) is 1.61. The number of anilines is 1. The fraction of sp³-hybridized carbons (Fsp3) is 0.182. The van der Waals surface area contributed by atoms with Gasteiger partial charge in [-0.25, -0.2) is 0 Å². The maximum atomic E-state index is 10.6. The molecule has 0 amide bonds. The van der Waals surface area contributed by atoms with Crippen LogP contribution in [0.5, 0.6) is 0 Å². The van der Waals surface area contributed by atoms with Crippen LogP contribution in [0.3, 0.4) is 0 Å². The third kappa shape index (κ3) is 2.41. The average molecular weight is 232 g/mol. The molecule has 2 rings (SSSR count). The quantitative estimate of drug-likeness (QED) is 0.496. The van der Waals surface area contributed by atoms with E-state index < -0.39 is 4.92 Å². The molecule has 2 N–H and O–H groups in total. The van der Waals surface area contributed by atoms with Gasteiger partial charge in [0.2, 0.25) is 0 Å². The molecule has 0 saturated carbocycles. The van der Waals surface area contributed by atoms with Gasteiger partial charge in [0.05, 0.1) is 17.7 Å². The molecule has 0 atom stereocenters. The standard InChI is InChI=1S/C11H12N4O2/c1-8-5-13-14(6-8)7-9-2-3-11(15(16)17)10(12)4-9/h2-6H,7,12H2,1H3. The van der Waals surface area contributed by atoms with Crippen molar-refractivity contribution in [1.29, 1.82) is 0 Å². The molecular weight excluding hydrogens is 220 g/mol. The molecule has 6 heteroatoms. The van der Waals surface area contributed by atoms with Crippen molar-refractivity contribution in [3.05, 3.63) is 51.8 Å². The SMILES string of the molecule is Cc1cnn(Cc2ccc([N+](=O)[O-])c(N)c2)c1. The Hall–Kier alpha value is -2.37. The third-order valence-electron chi connectivity index (χ3n) is 2.40. The molecule has 1 aromatic carbocycles. The van der Waals surface area contributed by atoms with Crippen molar-refractivity contribution in [2.24, 2.45) is 0 Å². The first-order valence-corrected chi connectivity index (χ1v) is 5.08. The number of aromatic nitrogens is 2. The highest BCUT2D eigenvalue weighted by Gasteiger charge is 2.11. The minimum atomic E-state index is -0.489. The summed E-state index contributed by atoms with van der Waals surface area (Å²) in [5.74, 6) is 0. The van der Waals surface area contributed by atoms with Crippen LogP contribution >= 0.6 is 0 Å². The molecule has 1 aromatic heterocycles. The lowest BCUT2D eigenvalue weighted by atomic mass is 10.2. The van der Waals surface area contributed by atoms with Crippen LogP contribution in [-0.4, -0.2) is 14.7 Å². The van der Waals surface area contributed by atoms with Crippen molar-refractivity contribution in [3.8, 4) is 0 Å². The molecule has 1 heterocycles. The van der Waals surface area contributed by atoms with E-state index in [9.17, 15) is 10.1 Å². The Morgan fingerprint density at radius 2 is 2.29 bits per heavy atom. The van der Waals surface area contributed by atoms with E-state index >= 15 is 0 Å². The molecule has 2 aromatic rings. The lowest BCUT2D eigenvalue weighted by molar-refractivity contribution is -0.383. The van der Waals surface area contributed by atoms with Crippen molar-refractivity contribution < 1.29 is 4.92 Å². The molecule has 0 aliphatic heterocycles. The molecule has 0 bridgehead atoms. The van der Waals surface area contributed by atoms with Crippen LogP contribution in [0.15, 0.2) is 30.6 Å². The minimum absolute atomic E-state index is 0.0644. The molecule has 17 heavy (non-hydrogen) atoms. The Labute approximate surface area is 97.8 Å². The Morgan fingerprint density at radius 3 is 2.82 bits per heavy atom. The monoisotopic (exact) mass is 232 g/mol. The number of benzene rings is 1. The molecule has 0 aliphatic carbocycles. The van der Waals surface area contributed by atoms with E-state index in [0.29, 0.717) is 6.54 Å². The first kappa shape index (κ1) is 11.1. The van der Waals surface area contributed by atoms with Gasteiger partial charge in [-0.2, -0.15) is 5.10 Å². The number of nitrogens with zero attached hydrogens (tertiary/aromatic N) is 3. The normalized spacial score (nSPS) is 10.4. The lowest BCUT2D eigenvalue weighted by Crippen LogP contribution is -2.02. The Bertz CT molecular complexity index is 562. The molecule has 0 aliphatic rings. The summed E-state index contributed by atoms with van der Waals surface area (Å²) in [7, 11) is 0. The lowest BCUT2D eigenvalue weighted by Gasteiger charge is -2.03. The molecule has 0 fully saturated rings. The molecule has 6 nitrogen and oxygen atoms in total. The Kier molecular flexibility index (Phi) is 2.78. The van der Waals surface area contributed by atoms with E-state index in [1.807, 2.05) is 13.1 Å². The molecule has 0 radical (unpaired) electrons. The van der Waals surface area contributed by atoms with Crippen LogP contribution in [0.4, 0.5) is 11.4 Å². The zero-order valence-electron chi connectivity index (χ0n) is 9.33. The predicted octanol–water partition coefficient (Wildman–Crippen LogP) is 1.73. The number of hydrogen-bond acceptors (Lipinski definition) is 4. The van der Waals surface area contributed by atoms with E-state index in [0.717, 1.165) is 11.1 Å².